The number of hydrogen-bond acceptors (Lipinski definition) is 4. The quantitative estimate of drug-likeness (QED) is 0.806. The monoisotopic (exact) mass is 214 g/mol. The van der Waals surface area contributed by atoms with Gasteiger partial charge < -0.3 is 5.73 Å². The zero-order chi connectivity index (χ0) is 10.6. The third kappa shape index (κ3) is 2.99. The Hall–Kier alpha value is -0.550. The van der Waals surface area contributed by atoms with Gasteiger partial charge in [0.15, 0.2) is 0 Å². The minimum atomic E-state index is 0.376. The molecule has 0 bridgehead atoms. The summed E-state index contributed by atoms with van der Waals surface area (Å²) in [6, 6.07) is 0.376. The van der Waals surface area contributed by atoms with Gasteiger partial charge in [-0.05, 0) is 13.8 Å². The first-order valence-corrected chi connectivity index (χ1v) is 5.90. The van der Waals surface area contributed by atoms with Gasteiger partial charge >= 0.3 is 0 Å². The Bertz CT molecular complexity index is 272. The van der Waals surface area contributed by atoms with E-state index in [2.05, 4.69) is 30.9 Å². The Morgan fingerprint density at radius 1 is 1.50 bits per heavy atom. The molecule has 0 aliphatic heterocycles. The number of rotatable bonds is 5. The fraction of sp³-hybridized carbons (Fsp3) is 0.778. The Labute approximate surface area is 89.3 Å². The van der Waals surface area contributed by atoms with Crippen LogP contribution < -0.4 is 5.73 Å². The Balaban J connectivity index is 2.54. The largest absolute Gasteiger partial charge is 0.329 e. The fourth-order valence-corrected chi connectivity index (χ4v) is 1.87. The molecule has 0 radical (unpaired) electrons. The van der Waals surface area contributed by atoms with E-state index in [0.717, 1.165) is 11.6 Å². The molecule has 1 rings (SSSR count). The van der Waals surface area contributed by atoms with Crippen molar-refractivity contribution >= 4 is 11.8 Å². The predicted molar refractivity (Wildman–Crippen MR) is 60.2 cm³/mol. The zero-order valence-electron chi connectivity index (χ0n) is 8.97. The number of nitrogens with two attached hydrogens (primary N) is 1. The molecule has 4 nitrogen and oxygen atoms in total. The molecule has 0 spiro atoms. The average molecular weight is 214 g/mol. The summed E-state index contributed by atoms with van der Waals surface area (Å²) in [5.41, 5.74) is 5.55. The number of nitrogens with zero attached hydrogens (tertiary/aromatic N) is 3. The molecule has 80 valence electrons. The van der Waals surface area contributed by atoms with Crippen molar-refractivity contribution in [2.24, 2.45) is 5.73 Å². The van der Waals surface area contributed by atoms with Gasteiger partial charge in [0, 0.05) is 17.8 Å². The first-order chi connectivity index (χ1) is 6.65. The van der Waals surface area contributed by atoms with Crippen LogP contribution in [0.2, 0.25) is 0 Å². The lowest BCUT2D eigenvalue weighted by atomic mass is 10.4. The number of hydrogen-bond donors (Lipinski definition) is 1. The minimum Gasteiger partial charge on any atom is -0.329 e. The smallest absolute Gasteiger partial charge is 0.138 e. The maximum atomic E-state index is 5.55. The van der Waals surface area contributed by atoms with Crippen molar-refractivity contribution in [1.82, 2.24) is 14.8 Å². The SMILES string of the molecule is CC(CN)SCc1ncnn1C(C)C. The molecule has 0 amide bonds. The molecule has 0 saturated carbocycles. The lowest BCUT2D eigenvalue weighted by Gasteiger charge is -2.11. The summed E-state index contributed by atoms with van der Waals surface area (Å²) in [6.45, 7) is 7.05. The third-order valence-corrected chi connectivity index (χ3v) is 3.15. The van der Waals surface area contributed by atoms with E-state index in [1.54, 1.807) is 6.33 Å². The van der Waals surface area contributed by atoms with Crippen molar-refractivity contribution in [3.8, 4) is 0 Å². The maximum Gasteiger partial charge on any atom is 0.138 e. The molecule has 0 aromatic carbocycles. The molecule has 2 N–H and O–H groups in total. The molecule has 1 unspecified atom stereocenters. The van der Waals surface area contributed by atoms with Crippen molar-refractivity contribution in [1.29, 1.82) is 0 Å². The molecule has 0 fully saturated rings. The molecule has 1 aromatic heterocycles. The highest BCUT2D eigenvalue weighted by Crippen LogP contribution is 2.16. The second kappa shape index (κ2) is 5.36. The van der Waals surface area contributed by atoms with Gasteiger partial charge in [0.1, 0.15) is 12.2 Å². The van der Waals surface area contributed by atoms with E-state index in [9.17, 15) is 0 Å². The Kier molecular flexibility index (Phi) is 4.41. The molecule has 0 saturated heterocycles. The molecule has 0 aliphatic rings. The molecule has 1 heterocycles. The van der Waals surface area contributed by atoms with Crippen molar-refractivity contribution in [3.63, 3.8) is 0 Å². The van der Waals surface area contributed by atoms with Gasteiger partial charge in [0.05, 0.1) is 5.75 Å². The number of thioether (sulfide) groups is 1. The maximum absolute atomic E-state index is 5.55. The van der Waals surface area contributed by atoms with E-state index in [1.165, 1.54) is 0 Å². The molecule has 1 atom stereocenters. The molecule has 5 heteroatoms. The van der Waals surface area contributed by atoms with Gasteiger partial charge in [0.2, 0.25) is 0 Å². The van der Waals surface area contributed by atoms with Crippen molar-refractivity contribution in [3.05, 3.63) is 12.2 Å². The van der Waals surface area contributed by atoms with Crippen LogP contribution in [0, 0.1) is 0 Å². The second-order valence-corrected chi connectivity index (χ2v) is 5.00. The van der Waals surface area contributed by atoms with E-state index in [4.69, 9.17) is 5.73 Å². The van der Waals surface area contributed by atoms with Crippen LogP contribution in [0.1, 0.15) is 32.6 Å². The first-order valence-electron chi connectivity index (χ1n) is 4.85. The van der Waals surface area contributed by atoms with Crippen molar-refractivity contribution < 1.29 is 0 Å². The lowest BCUT2D eigenvalue weighted by molar-refractivity contribution is 0.514. The Morgan fingerprint density at radius 3 is 2.79 bits per heavy atom. The normalized spacial score (nSPS) is 13.5. The molecule has 1 aromatic rings. The van der Waals surface area contributed by atoms with Gasteiger partial charge in [-0.3, -0.25) is 0 Å². The average Bonchev–Trinajstić information content (AvgIpc) is 2.62. The topological polar surface area (TPSA) is 56.7 Å². The summed E-state index contributed by atoms with van der Waals surface area (Å²) < 4.78 is 1.95. The van der Waals surface area contributed by atoms with E-state index in [1.807, 2.05) is 16.4 Å². The highest BCUT2D eigenvalue weighted by molar-refractivity contribution is 7.99. The zero-order valence-corrected chi connectivity index (χ0v) is 9.79. The summed E-state index contributed by atoms with van der Waals surface area (Å²) in [5, 5.41) is 4.66. The van der Waals surface area contributed by atoms with Crippen LogP contribution in [-0.4, -0.2) is 26.6 Å². The van der Waals surface area contributed by atoms with Crippen molar-refractivity contribution in [2.45, 2.75) is 37.8 Å². The fourth-order valence-electron chi connectivity index (χ4n) is 1.09. The lowest BCUT2D eigenvalue weighted by Crippen LogP contribution is -2.14. The standard InChI is InChI=1S/C9H18N4S/c1-7(2)13-9(11-6-12-13)5-14-8(3)4-10/h6-8H,4-5,10H2,1-3H3. The van der Waals surface area contributed by atoms with Crippen molar-refractivity contribution in [2.75, 3.05) is 6.54 Å². The minimum absolute atomic E-state index is 0.376. The Morgan fingerprint density at radius 2 is 2.21 bits per heavy atom. The van der Waals surface area contributed by atoms with Crippen LogP contribution in [0.25, 0.3) is 0 Å². The second-order valence-electron chi connectivity index (χ2n) is 3.57. The third-order valence-electron chi connectivity index (χ3n) is 1.97. The summed E-state index contributed by atoms with van der Waals surface area (Å²) in [6.07, 6.45) is 1.61. The predicted octanol–water partition coefficient (Wildman–Crippen LogP) is 1.44. The van der Waals surface area contributed by atoms with Crippen LogP contribution in [-0.2, 0) is 5.75 Å². The van der Waals surface area contributed by atoms with Gasteiger partial charge in [0.25, 0.3) is 0 Å². The van der Waals surface area contributed by atoms with Gasteiger partial charge in [-0.1, -0.05) is 6.92 Å². The highest BCUT2D eigenvalue weighted by atomic mass is 32.2. The molecular formula is C9H18N4S. The van der Waals surface area contributed by atoms with Crippen LogP contribution in [0.3, 0.4) is 0 Å². The van der Waals surface area contributed by atoms with E-state index >= 15 is 0 Å². The van der Waals surface area contributed by atoms with Gasteiger partial charge in [-0.15, -0.1) is 11.8 Å². The molecular weight excluding hydrogens is 196 g/mol. The van der Waals surface area contributed by atoms with Gasteiger partial charge in [-0.25, -0.2) is 9.67 Å². The van der Waals surface area contributed by atoms with E-state index in [-0.39, 0.29) is 0 Å². The molecule has 0 aliphatic carbocycles. The van der Waals surface area contributed by atoms with Crippen LogP contribution in [0.15, 0.2) is 6.33 Å². The summed E-state index contributed by atoms with van der Waals surface area (Å²) in [7, 11) is 0. The van der Waals surface area contributed by atoms with Gasteiger partial charge in [-0.2, -0.15) is 5.10 Å². The van der Waals surface area contributed by atoms with E-state index < -0.39 is 0 Å². The summed E-state index contributed by atoms with van der Waals surface area (Å²) in [4.78, 5) is 4.23. The van der Waals surface area contributed by atoms with Crippen LogP contribution >= 0.6 is 11.8 Å². The number of aromatic nitrogens is 3. The van der Waals surface area contributed by atoms with Crippen LogP contribution in [0.4, 0.5) is 0 Å². The van der Waals surface area contributed by atoms with Crippen LogP contribution in [0.5, 0.6) is 0 Å². The summed E-state index contributed by atoms with van der Waals surface area (Å²) in [5.74, 6) is 1.92. The first kappa shape index (κ1) is 11.5. The molecule has 14 heavy (non-hydrogen) atoms. The van der Waals surface area contributed by atoms with E-state index in [0.29, 0.717) is 17.8 Å². The summed E-state index contributed by atoms with van der Waals surface area (Å²) >= 11 is 1.82. The highest BCUT2D eigenvalue weighted by Gasteiger charge is 2.08.